The molecular formula is C18H14F4O. The van der Waals surface area contributed by atoms with Gasteiger partial charge in [0.25, 0.3) is 0 Å². The summed E-state index contributed by atoms with van der Waals surface area (Å²) in [4.78, 5) is 0. The highest BCUT2D eigenvalue weighted by Crippen LogP contribution is 2.40. The number of halogens is 4. The van der Waals surface area contributed by atoms with Gasteiger partial charge in [0.1, 0.15) is 17.3 Å². The lowest BCUT2D eigenvalue weighted by Gasteiger charge is -2.15. The fourth-order valence-corrected chi connectivity index (χ4v) is 2.12. The van der Waals surface area contributed by atoms with Gasteiger partial charge in [-0.2, -0.15) is 13.2 Å². The minimum atomic E-state index is -4.63. The Morgan fingerprint density at radius 3 is 2.39 bits per heavy atom. The topological polar surface area (TPSA) is 9.23 Å². The van der Waals surface area contributed by atoms with Crippen LogP contribution in [0.4, 0.5) is 17.6 Å². The molecule has 5 heteroatoms. The van der Waals surface area contributed by atoms with E-state index in [-0.39, 0.29) is 16.9 Å². The van der Waals surface area contributed by atoms with Gasteiger partial charge in [-0.15, -0.1) is 0 Å². The Morgan fingerprint density at radius 1 is 1.09 bits per heavy atom. The summed E-state index contributed by atoms with van der Waals surface area (Å²) < 4.78 is 59.1. The molecule has 0 fully saturated rings. The van der Waals surface area contributed by atoms with Crippen molar-refractivity contribution in [2.45, 2.75) is 13.1 Å². The Hall–Kier alpha value is -2.56. The second kappa shape index (κ2) is 6.69. The van der Waals surface area contributed by atoms with Gasteiger partial charge in [0, 0.05) is 5.56 Å². The highest BCUT2D eigenvalue weighted by atomic mass is 19.4. The maximum absolute atomic E-state index is 13.8. The summed E-state index contributed by atoms with van der Waals surface area (Å²) in [6.07, 6.45) is -1.64. The van der Waals surface area contributed by atoms with Gasteiger partial charge < -0.3 is 4.74 Å². The Balaban J connectivity index is 2.55. The number of hydrogen-bond donors (Lipinski definition) is 0. The molecular weight excluding hydrogens is 308 g/mol. The van der Waals surface area contributed by atoms with E-state index in [0.29, 0.717) is 5.76 Å². The number of alkyl halides is 3. The standard InChI is InChI=1S/C18H14F4O/c1-3-6-12(2)23-13-9-10-14(16(11-13)18(20,21)22)15-7-4-5-8-17(15)19/h3-11H,1H2,2H3/b12-6+. The molecule has 1 nitrogen and oxygen atoms in total. The third-order valence-electron chi connectivity index (χ3n) is 3.09. The summed E-state index contributed by atoms with van der Waals surface area (Å²) >= 11 is 0. The van der Waals surface area contributed by atoms with E-state index < -0.39 is 17.6 Å². The van der Waals surface area contributed by atoms with Crippen LogP contribution < -0.4 is 4.74 Å². The van der Waals surface area contributed by atoms with Crippen LogP contribution in [0.2, 0.25) is 0 Å². The number of benzene rings is 2. The van der Waals surface area contributed by atoms with Crippen molar-refractivity contribution in [2.24, 2.45) is 0 Å². The fraction of sp³-hybridized carbons (Fsp3) is 0.111. The Morgan fingerprint density at radius 2 is 1.78 bits per heavy atom. The molecule has 0 aliphatic heterocycles. The molecule has 2 rings (SSSR count). The zero-order chi connectivity index (χ0) is 17.0. The number of ether oxygens (including phenoxy) is 1. The van der Waals surface area contributed by atoms with Crippen LogP contribution in [-0.4, -0.2) is 0 Å². The summed E-state index contributed by atoms with van der Waals surface area (Å²) in [5.74, 6) is -0.297. The molecule has 23 heavy (non-hydrogen) atoms. The van der Waals surface area contributed by atoms with E-state index in [1.807, 2.05) is 0 Å². The van der Waals surface area contributed by atoms with Gasteiger partial charge in [-0.25, -0.2) is 4.39 Å². The molecule has 0 aliphatic carbocycles. The molecule has 0 heterocycles. The third-order valence-corrected chi connectivity index (χ3v) is 3.09. The summed E-state index contributed by atoms with van der Waals surface area (Å²) in [7, 11) is 0. The van der Waals surface area contributed by atoms with Crippen LogP contribution in [0.15, 0.2) is 67.0 Å². The summed E-state index contributed by atoms with van der Waals surface area (Å²) in [6, 6.07) is 8.78. The third kappa shape index (κ3) is 4.00. The molecule has 2 aromatic carbocycles. The second-order valence-electron chi connectivity index (χ2n) is 4.80. The average Bonchev–Trinajstić information content (AvgIpc) is 2.47. The molecule has 2 aromatic rings. The van der Waals surface area contributed by atoms with Crippen molar-refractivity contribution in [2.75, 3.05) is 0 Å². The molecule has 0 saturated heterocycles. The Bertz CT molecular complexity index is 745. The van der Waals surface area contributed by atoms with Gasteiger partial charge in [0.2, 0.25) is 0 Å². The second-order valence-corrected chi connectivity index (χ2v) is 4.80. The van der Waals surface area contributed by atoms with Crippen molar-refractivity contribution < 1.29 is 22.3 Å². The van der Waals surface area contributed by atoms with Crippen LogP contribution in [-0.2, 0) is 6.18 Å². The number of rotatable bonds is 4. The van der Waals surface area contributed by atoms with Crippen LogP contribution in [0, 0.1) is 5.82 Å². The smallest absolute Gasteiger partial charge is 0.417 e. The van der Waals surface area contributed by atoms with E-state index in [4.69, 9.17) is 4.74 Å². The number of hydrogen-bond acceptors (Lipinski definition) is 1. The summed E-state index contributed by atoms with van der Waals surface area (Å²) in [5, 5.41) is 0. The van der Waals surface area contributed by atoms with Crippen LogP contribution >= 0.6 is 0 Å². The normalized spacial score (nSPS) is 12.1. The lowest BCUT2D eigenvalue weighted by Crippen LogP contribution is -2.08. The van der Waals surface area contributed by atoms with E-state index in [1.54, 1.807) is 6.92 Å². The molecule has 0 atom stereocenters. The minimum absolute atomic E-state index is 0.0213. The highest BCUT2D eigenvalue weighted by molar-refractivity contribution is 5.69. The minimum Gasteiger partial charge on any atom is -0.462 e. The highest BCUT2D eigenvalue weighted by Gasteiger charge is 2.34. The van der Waals surface area contributed by atoms with E-state index in [9.17, 15) is 17.6 Å². The molecule has 0 N–H and O–H groups in total. The van der Waals surface area contributed by atoms with Crippen molar-refractivity contribution in [3.8, 4) is 16.9 Å². The molecule has 0 aromatic heterocycles. The van der Waals surface area contributed by atoms with Gasteiger partial charge in [0.15, 0.2) is 0 Å². The van der Waals surface area contributed by atoms with Crippen molar-refractivity contribution >= 4 is 0 Å². The summed E-state index contributed by atoms with van der Waals surface area (Å²) in [6.45, 7) is 5.08. The van der Waals surface area contributed by atoms with E-state index in [1.165, 1.54) is 42.5 Å². The first-order valence-corrected chi connectivity index (χ1v) is 6.76. The largest absolute Gasteiger partial charge is 0.462 e. The molecule has 0 saturated carbocycles. The van der Waals surface area contributed by atoms with E-state index in [0.717, 1.165) is 12.1 Å². The predicted octanol–water partition coefficient (Wildman–Crippen LogP) is 5.98. The van der Waals surface area contributed by atoms with Gasteiger partial charge in [-0.3, -0.25) is 0 Å². The molecule has 0 spiro atoms. The zero-order valence-electron chi connectivity index (χ0n) is 12.3. The lowest BCUT2D eigenvalue weighted by atomic mass is 9.98. The predicted molar refractivity (Wildman–Crippen MR) is 81.4 cm³/mol. The molecule has 0 bridgehead atoms. The van der Waals surface area contributed by atoms with Crippen molar-refractivity contribution in [3.05, 3.63) is 78.3 Å². The first-order chi connectivity index (χ1) is 10.8. The Labute approximate surface area is 131 Å². The molecule has 120 valence electrons. The van der Waals surface area contributed by atoms with Gasteiger partial charge >= 0.3 is 6.18 Å². The van der Waals surface area contributed by atoms with Gasteiger partial charge in [-0.1, -0.05) is 30.9 Å². The molecule has 0 unspecified atom stereocenters. The maximum atomic E-state index is 13.8. The van der Waals surface area contributed by atoms with Crippen LogP contribution in [0.3, 0.4) is 0 Å². The zero-order valence-corrected chi connectivity index (χ0v) is 12.3. The van der Waals surface area contributed by atoms with E-state index >= 15 is 0 Å². The SMILES string of the molecule is C=C/C=C(\C)Oc1ccc(-c2ccccc2F)c(C(F)(F)F)c1. The summed E-state index contributed by atoms with van der Waals surface area (Å²) in [5.41, 5.74) is -1.29. The van der Waals surface area contributed by atoms with Crippen LogP contribution in [0.1, 0.15) is 12.5 Å². The molecule has 0 radical (unpaired) electrons. The van der Waals surface area contributed by atoms with Gasteiger partial charge in [-0.05, 0) is 42.8 Å². The monoisotopic (exact) mass is 322 g/mol. The van der Waals surface area contributed by atoms with Crippen molar-refractivity contribution in [1.82, 2.24) is 0 Å². The fourth-order valence-electron chi connectivity index (χ4n) is 2.12. The van der Waals surface area contributed by atoms with Gasteiger partial charge in [0.05, 0.1) is 5.56 Å². The number of allylic oxidation sites excluding steroid dienone is 3. The maximum Gasteiger partial charge on any atom is 0.417 e. The molecule has 0 amide bonds. The van der Waals surface area contributed by atoms with E-state index in [2.05, 4.69) is 6.58 Å². The first-order valence-electron chi connectivity index (χ1n) is 6.76. The van der Waals surface area contributed by atoms with Crippen molar-refractivity contribution in [1.29, 1.82) is 0 Å². The van der Waals surface area contributed by atoms with Crippen LogP contribution in [0.5, 0.6) is 5.75 Å². The van der Waals surface area contributed by atoms with Crippen LogP contribution in [0.25, 0.3) is 11.1 Å². The van der Waals surface area contributed by atoms with Crippen molar-refractivity contribution in [3.63, 3.8) is 0 Å². The average molecular weight is 322 g/mol. The quantitative estimate of drug-likeness (QED) is 0.382. The lowest BCUT2D eigenvalue weighted by molar-refractivity contribution is -0.137. The first kappa shape index (κ1) is 16.8. The molecule has 0 aliphatic rings. The Kier molecular flexibility index (Phi) is 4.89.